The van der Waals surface area contributed by atoms with E-state index >= 15 is 4.39 Å². The van der Waals surface area contributed by atoms with Gasteiger partial charge in [-0.1, -0.05) is 11.6 Å². The molecule has 2 aromatic carbocycles. The van der Waals surface area contributed by atoms with Crippen LogP contribution in [0.1, 0.15) is 58.6 Å². The molecule has 184 valence electrons. The first-order valence-electron chi connectivity index (χ1n) is 10.9. The maximum Gasteiger partial charge on any atom is 0.416 e. The fourth-order valence-electron chi connectivity index (χ4n) is 4.14. The molecule has 0 bridgehead atoms. The van der Waals surface area contributed by atoms with Gasteiger partial charge in [0, 0.05) is 30.7 Å². The third-order valence-corrected chi connectivity index (χ3v) is 6.91. The molecule has 0 atom stereocenters. The van der Waals surface area contributed by atoms with Gasteiger partial charge < -0.3 is 4.74 Å². The summed E-state index contributed by atoms with van der Waals surface area (Å²) >= 11 is 11.5. The first-order chi connectivity index (χ1) is 15.9. The summed E-state index contributed by atoms with van der Waals surface area (Å²) in [5.74, 6) is -0.489. The fourth-order valence-corrected chi connectivity index (χ4v) is 4.46. The van der Waals surface area contributed by atoms with Crippen LogP contribution in [0, 0.1) is 5.82 Å². The Morgan fingerprint density at radius 2 is 1.82 bits per heavy atom. The highest BCUT2D eigenvalue weighted by atomic mass is 35.5. The number of alkyl halides is 4. The predicted octanol–water partition coefficient (Wildman–Crippen LogP) is 7.14. The van der Waals surface area contributed by atoms with Gasteiger partial charge in [-0.2, -0.15) is 13.2 Å². The van der Waals surface area contributed by atoms with Crippen LogP contribution in [0.15, 0.2) is 30.3 Å². The zero-order chi connectivity index (χ0) is 24.7. The lowest BCUT2D eigenvalue weighted by Crippen LogP contribution is -2.44. The molecule has 0 N–H and O–H groups in total. The van der Waals surface area contributed by atoms with Crippen LogP contribution in [0.4, 0.5) is 22.0 Å². The molecule has 1 saturated carbocycles. The van der Waals surface area contributed by atoms with Gasteiger partial charge in [0.25, 0.3) is 5.24 Å². The molecule has 1 saturated heterocycles. The third-order valence-electron chi connectivity index (χ3n) is 6.33. The number of hydrogen-bond acceptors (Lipinski definition) is 3. The monoisotopic (exact) mass is 521 g/mol. The van der Waals surface area contributed by atoms with Crippen LogP contribution in [0.2, 0.25) is 5.02 Å². The number of carbonyl (C=O) groups excluding carboxylic acids is 1. The number of likely N-dealkylation sites (tertiary alicyclic amines) is 1. The Morgan fingerprint density at radius 3 is 2.41 bits per heavy atom. The molecule has 0 radical (unpaired) electrons. The second kappa shape index (κ2) is 9.63. The van der Waals surface area contributed by atoms with Gasteiger partial charge in [0.15, 0.2) is 0 Å². The van der Waals surface area contributed by atoms with Crippen molar-refractivity contribution in [3.63, 3.8) is 0 Å². The van der Waals surface area contributed by atoms with E-state index in [1.807, 2.05) is 4.90 Å². The molecule has 10 heteroatoms. The predicted molar refractivity (Wildman–Crippen MR) is 119 cm³/mol. The molecule has 1 aliphatic carbocycles. The first-order valence-corrected chi connectivity index (χ1v) is 11.6. The van der Waals surface area contributed by atoms with Crippen LogP contribution in [-0.4, -0.2) is 35.5 Å². The number of ether oxygens (including phenoxy) is 1. The van der Waals surface area contributed by atoms with Crippen LogP contribution in [0.25, 0.3) is 0 Å². The first kappa shape index (κ1) is 25.2. The van der Waals surface area contributed by atoms with Crippen LogP contribution >= 0.6 is 23.2 Å². The quantitative estimate of drug-likeness (QED) is 0.286. The van der Waals surface area contributed by atoms with Crippen molar-refractivity contribution in [3.05, 3.63) is 63.4 Å². The van der Waals surface area contributed by atoms with Crippen molar-refractivity contribution < 1.29 is 31.5 Å². The van der Waals surface area contributed by atoms with Gasteiger partial charge in [-0.25, -0.2) is 8.78 Å². The van der Waals surface area contributed by atoms with Crippen molar-refractivity contribution in [2.45, 2.75) is 50.0 Å². The molecule has 2 fully saturated rings. The number of nitrogens with zero attached hydrogens (tertiary/aromatic N) is 1. The number of piperidine rings is 1. The minimum absolute atomic E-state index is 0.100. The van der Waals surface area contributed by atoms with E-state index in [1.54, 1.807) is 0 Å². The zero-order valence-electron chi connectivity index (χ0n) is 18.0. The summed E-state index contributed by atoms with van der Waals surface area (Å²) in [7, 11) is 0. The molecular formula is C24H22Cl2F5NO2. The number of rotatable bonds is 7. The Kier molecular flexibility index (Phi) is 7.14. The Morgan fingerprint density at radius 1 is 1.15 bits per heavy atom. The lowest BCUT2D eigenvalue weighted by molar-refractivity contribution is -0.137. The highest BCUT2D eigenvalue weighted by Crippen LogP contribution is 2.45. The van der Waals surface area contributed by atoms with Crippen LogP contribution in [-0.2, 0) is 12.7 Å². The summed E-state index contributed by atoms with van der Waals surface area (Å²) in [4.78, 5) is 13.3. The van der Waals surface area contributed by atoms with Crippen molar-refractivity contribution >= 4 is 28.4 Å². The van der Waals surface area contributed by atoms with Gasteiger partial charge in [0.05, 0.1) is 11.1 Å². The van der Waals surface area contributed by atoms with Gasteiger partial charge in [0.2, 0.25) is 0 Å². The van der Waals surface area contributed by atoms with E-state index in [0.29, 0.717) is 24.2 Å². The molecule has 2 aromatic rings. The molecule has 1 aliphatic heterocycles. The SMILES string of the molecule is O=C(Cl)c1cc(C2CC2)c(OCC2(F)CCN(Cc3cc(C(F)(F)F)ccc3Cl)CC2)cc1F. The van der Waals surface area contributed by atoms with Crippen molar-refractivity contribution in [1.29, 1.82) is 0 Å². The van der Waals surface area contributed by atoms with Crippen molar-refractivity contribution in [2.24, 2.45) is 0 Å². The summed E-state index contributed by atoms with van der Waals surface area (Å²) in [5, 5.41) is -0.678. The van der Waals surface area contributed by atoms with Crippen LogP contribution < -0.4 is 4.74 Å². The van der Waals surface area contributed by atoms with E-state index < -0.39 is 28.5 Å². The largest absolute Gasteiger partial charge is 0.490 e. The van der Waals surface area contributed by atoms with Crippen molar-refractivity contribution in [2.75, 3.05) is 19.7 Å². The summed E-state index contributed by atoms with van der Waals surface area (Å²) in [5.41, 5.74) is -1.71. The van der Waals surface area contributed by atoms with Crippen LogP contribution in [0.3, 0.4) is 0 Å². The average Bonchev–Trinajstić information content (AvgIpc) is 3.60. The highest BCUT2D eigenvalue weighted by Gasteiger charge is 2.37. The highest BCUT2D eigenvalue weighted by molar-refractivity contribution is 6.67. The molecule has 0 spiro atoms. The van der Waals surface area contributed by atoms with Gasteiger partial charge in [-0.3, -0.25) is 9.69 Å². The molecule has 0 aromatic heterocycles. The minimum Gasteiger partial charge on any atom is -0.490 e. The summed E-state index contributed by atoms with van der Waals surface area (Å²) < 4.78 is 74.4. The molecule has 34 heavy (non-hydrogen) atoms. The third kappa shape index (κ3) is 5.83. The molecule has 3 nitrogen and oxygen atoms in total. The topological polar surface area (TPSA) is 29.5 Å². The second-order valence-corrected chi connectivity index (χ2v) is 9.69. The number of hydrogen-bond donors (Lipinski definition) is 0. The van der Waals surface area contributed by atoms with Gasteiger partial charge in [-0.15, -0.1) is 0 Å². The fraction of sp³-hybridized carbons (Fsp3) is 0.458. The van der Waals surface area contributed by atoms with E-state index in [-0.39, 0.29) is 48.2 Å². The lowest BCUT2D eigenvalue weighted by atomic mass is 9.93. The van der Waals surface area contributed by atoms with E-state index in [1.165, 1.54) is 12.1 Å². The van der Waals surface area contributed by atoms with Crippen molar-refractivity contribution in [3.8, 4) is 5.75 Å². The van der Waals surface area contributed by atoms with E-state index in [4.69, 9.17) is 27.9 Å². The normalized spacial score (nSPS) is 18.7. The van der Waals surface area contributed by atoms with Crippen LogP contribution in [0.5, 0.6) is 5.75 Å². The second-order valence-electron chi connectivity index (χ2n) is 8.94. The average molecular weight is 522 g/mol. The van der Waals surface area contributed by atoms with E-state index in [2.05, 4.69) is 0 Å². The molecule has 1 heterocycles. The summed E-state index contributed by atoms with van der Waals surface area (Å²) in [6.07, 6.45) is -2.54. The van der Waals surface area contributed by atoms with E-state index in [0.717, 1.165) is 31.0 Å². The lowest BCUT2D eigenvalue weighted by Gasteiger charge is -2.36. The maximum atomic E-state index is 15.4. The number of halogens is 7. The Labute approximate surface area is 203 Å². The summed E-state index contributed by atoms with van der Waals surface area (Å²) in [6.45, 7) is 0.481. The van der Waals surface area contributed by atoms with Gasteiger partial charge in [0.1, 0.15) is 23.8 Å². The Bertz CT molecular complexity index is 1080. The number of benzene rings is 2. The molecule has 0 amide bonds. The summed E-state index contributed by atoms with van der Waals surface area (Å²) in [6, 6.07) is 5.63. The minimum atomic E-state index is -4.47. The molecule has 2 aliphatic rings. The Hall–Kier alpha value is -1.90. The molecule has 0 unspecified atom stereocenters. The maximum absolute atomic E-state index is 15.4. The van der Waals surface area contributed by atoms with E-state index in [9.17, 15) is 22.4 Å². The van der Waals surface area contributed by atoms with Gasteiger partial charge in [-0.05, 0) is 78.6 Å². The smallest absolute Gasteiger partial charge is 0.416 e. The molecular weight excluding hydrogens is 500 g/mol. The zero-order valence-corrected chi connectivity index (χ0v) is 19.5. The Balaban J connectivity index is 1.38. The molecule has 4 rings (SSSR count). The van der Waals surface area contributed by atoms with Gasteiger partial charge >= 0.3 is 6.18 Å². The van der Waals surface area contributed by atoms with Crippen molar-refractivity contribution in [1.82, 2.24) is 4.90 Å². The number of carbonyl (C=O) groups is 1. The standard InChI is InChI=1S/C24H22Cl2F5NO2/c25-19-4-3-16(24(29,30)31)9-15(19)12-32-7-5-23(28,6-8-32)13-34-21-11-20(27)18(22(26)33)10-17(21)14-1-2-14/h3-4,9-11,14H,1-2,5-8,12-13H2.